The van der Waals surface area contributed by atoms with Gasteiger partial charge in [-0.15, -0.1) is 0 Å². The number of carbonyl (C=O) groups is 1. The third kappa shape index (κ3) is 4.10. The number of ether oxygens (including phenoxy) is 1. The van der Waals surface area contributed by atoms with Crippen LogP contribution >= 0.6 is 0 Å². The summed E-state index contributed by atoms with van der Waals surface area (Å²) in [6.07, 6.45) is 0. The van der Waals surface area contributed by atoms with E-state index in [4.69, 9.17) is 4.74 Å². The summed E-state index contributed by atoms with van der Waals surface area (Å²) in [4.78, 5) is 21.0. The van der Waals surface area contributed by atoms with Crippen molar-refractivity contribution in [2.24, 2.45) is 0 Å². The molecule has 0 aliphatic carbocycles. The lowest BCUT2D eigenvalue weighted by molar-refractivity contribution is 0.102. The lowest BCUT2D eigenvalue weighted by atomic mass is 9.87. The SMILES string of the molecule is CCOc1nc(C)c(NC(=O)c2ccc(C(C)(C)C)cc2)c(C)n1. The largest absolute Gasteiger partial charge is 0.464 e. The maximum Gasteiger partial charge on any atom is 0.316 e. The molecule has 0 saturated heterocycles. The molecule has 2 aromatic rings. The van der Waals surface area contributed by atoms with Gasteiger partial charge in [-0.05, 0) is 43.9 Å². The number of hydrogen-bond acceptors (Lipinski definition) is 4. The van der Waals surface area contributed by atoms with Crippen LogP contribution < -0.4 is 10.1 Å². The van der Waals surface area contributed by atoms with Gasteiger partial charge in [-0.25, -0.2) is 0 Å². The van der Waals surface area contributed by atoms with E-state index in [1.165, 1.54) is 5.56 Å². The van der Waals surface area contributed by atoms with Crippen LogP contribution in [0.5, 0.6) is 6.01 Å². The molecular formula is C19H25N3O2. The van der Waals surface area contributed by atoms with Gasteiger partial charge in [0.1, 0.15) is 0 Å². The van der Waals surface area contributed by atoms with Crippen molar-refractivity contribution in [2.45, 2.75) is 47.0 Å². The molecule has 5 nitrogen and oxygen atoms in total. The highest BCUT2D eigenvalue weighted by atomic mass is 16.5. The minimum absolute atomic E-state index is 0.0606. The van der Waals surface area contributed by atoms with Crippen molar-refractivity contribution in [3.8, 4) is 6.01 Å². The second kappa shape index (κ2) is 6.99. The van der Waals surface area contributed by atoms with Crippen molar-refractivity contribution in [1.82, 2.24) is 9.97 Å². The lowest BCUT2D eigenvalue weighted by Gasteiger charge is -2.19. The topological polar surface area (TPSA) is 64.1 Å². The summed E-state index contributed by atoms with van der Waals surface area (Å²) in [5, 5.41) is 2.90. The third-order valence-corrected chi connectivity index (χ3v) is 3.78. The zero-order chi connectivity index (χ0) is 17.9. The van der Waals surface area contributed by atoms with E-state index in [1.807, 2.05) is 45.0 Å². The summed E-state index contributed by atoms with van der Waals surface area (Å²) in [6.45, 7) is 12.5. The molecule has 5 heteroatoms. The summed E-state index contributed by atoms with van der Waals surface area (Å²) in [5.74, 6) is -0.172. The van der Waals surface area contributed by atoms with Crippen LogP contribution in [0.1, 0.15) is 55.0 Å². The van der Waals surface area contributed by atoms with Gasteiger partial charge < -0.3 is 10.1 Å². The van der Waals surface area contributed by atoms with Crippen LogP contribution in [0.15, 0.2) is 24.3 Å². The zero-order valence-corrected chi connectivity index (χ0v) is 15.2. The van der Waals surface area contributed by atoms with Gasteiger partial charge in [0.2, 0.25) is 0 Å². The lowest BCUT2D eigenvalue weighted by Crippen LogP contribution is -2.16. The van der Waals surface area contributed by atoms with Crippen LogP contribution in [0.4, 0.5) is 5.69 Å². The van der Waals surface area contributed by atoms with Gasteiger partial charge >= 0.3 is 6.01 Å². The number of rotatable bonds is 4. The Hall–Kier alpha value is -2.43. The Kier molecular flexibility index (Phi) is 5.22. The maximum atomic E-state index is 12.5. The van der Waals surface area contributed by atoms with E-state index in [2.05, 4.69) is 36.1 Å². The molecule has 0 atom stereocenters. The number of benzene rings is 1. The Bertz CT molecular complexity index is 708. The molecule has 0 bridgehead atoms. The van der Waals surface area contributed by atoms with Gasteiger partial charge in [-0.3, -0.25) is 4.79 Å². The van der Waals surface area contributed by atoms with Crippen molar-refractivity contribution in [3.05, 3.63) is 46.8 Å². The molecule has 0 radical (unpaired) electrons. The fraction of sp³-hybridized carbons (Fsp3) is 0.421. The average Bonchev–Trinajstić information content (AvgIpc) is 2.50. The molecule has 1 heterocycles. The first-order valence-electron chi connectivity index (χ1n) is 8.12. The van der Waals surface area contributed by atoms with Crippen molar-refractivity contribution in [2.75, 3.05) is 11.9 Å². The van der Waals surface area contributed by atoms with Crippen LogP contribution in [0.2, 0.25) is 0 Å². The second-order valence-electron chi connectivity index (χ2n) is 6.77. The Labute approximate surface area is 143 Å². The predicted octanol–water partition coefficient (Wildman–Crippen LogP) is 4.04. The highest BCUT2D eigenvalue weighted by Gasteiger charge is 2.16. The van der Waals surface area contributed by atoms with E-state index >= 15 is 0 Å². The number of anilines is 1. The fourth-order valence-corrected chi connectivity index (χ4v) is 2.37. The Morgan fingerprint density at radius 3 is 2.08 bits per heavy atom. The van der Waals surface area contributed by atoms with Crippen LogP contribution in [0.3, 0.4) is 0 Å². The highest BCUT2D eigenvalue weighted by molar-refractivity contribution is 6.04. The van der Waals surface area contributed by atoms with E-state index in [9.17, 15) is 4.79 Å². The number of aryl methyl sites for hydroxylation is 2. The Morgan fingerprint density at radius 2 is 1.62 bits per heavy atom. The zero-order valence-electron chi connectivity index (χ0n) is 15.2. The Balaban J connectivity index is 2.21. The monoisotopic (exact) mass is 327 g/mol. The molecule has 0 fully saturated rings. The fourth-order valence-electron chi connectivity index (χ4n) is 2.37. The molecule has 0 saturated carbocycles. The number of aromatic nitrogens is 2. The molecule has 0 aliphatic rings. The molecule has 2 rings (SSSR count). The first-order valence-corrected chi connectivity index (χ1v) is 8.12. The molecule has 1 N–H and O–H groups in total. The normalized spacial score (nSPS) is 11.2. The van der Waals surface area contributed by atoms with Gasteiger partial charge in [0.25, 0.3) is 5.91 Å². The summed E-state index contributed by atoms with van der Waals surface area (Å²) in [6, 6.07) is 8.00. The highest BCUT2D eigenvalue weighted by Crippen LogP contribution is 2.23. The standard InChI is InChI=1S/C19H25N3O2/c1-7-24-18-20-12(2)16(13(3)21-18)22-17(23)14-8-10-15(11-9-14)19(4,5)6/h8-11H,7H2,1-6H3,(H,22,23). The third-order valence-electron chi connectivity index (χ3n) is 3.78. The van der Waals surface area contributed by atoms with Crippen molar-refractivity contribution < 1.29 is 9.53 Å². The average molecular weight is 327 g/mol. The number of nitrogens with zero attached hydrogens (tertiary/aromatic N) is 2. The maximum absolute atomic E-state index is 12.5. The minimum Gasteiger partial charge on any atom is -0.464 e. The van der Waals surface area contributed by atoms with E-state index in [1.54, 1.807) is 0 Å². The van der Waals surface area contributed by atoms with Crippen LogP contribution in [0, 0.1) is 13.8 Å². The molecule has 1 aromatic heterocycles. The summed E-state index contributed by atoms with van der Waals surface area (Å²) < 4.78 is 5.32. The summed E-state index contributed by atoms with van der Waals surface area (Å²) in [5.41, 5.74) is 3.86. The molecule has 0 aliphatic heterocycles. The predicted molar refractivity (Wildman–Crippen MR) is 95.8 cm³/mol. The van der Waals surface area contributed by atoms with Gasteiger partial charge in [0.15, 0.2) is 0 Å². The summed E-state index contributed by atoms with van der Waals surface area (Å²) in [7, 11) is 0. The van der Waals surface area contributed by atoms with Gasteiger partial charge in [0, 0.05) is 5.56 Å². The quantitative estimate of drug-likeness (QED) is 0.920. The van der Waals surface area contributed by atoms with Crippen molar-refractivity contribution >= 4 is 11.6 Å². The van der Waals surface area contributed by atoms with Gasteiger partial charge in [-0.2, -0.15) is 9.97 Å². The second-order valence-corrected chi connectivity index (χ2v) is 6.77. The number of carbonyl (C=O) groups excluding carboxylic acids is 1. The number of amides is 1. The first kappa shape index (κ1) is 17.9. The van der Waals surface area contributed by atoms with Crippen LogP contribution in [-0.2, 0) is 5.41 Å². The van der Waals surface area contributed by atoms with Crippen molar-refractivity contribution in [3.63, 3.8) is 0 Å². The summed E-state index contributed by atoms with van der Waals surface area (Å²) >= 11 is 0. The molecule has 128 valence electrons. The molecule has 0 spiro atoms. The van der Waals surface area contributed by atoms with E-state index in [0.29, 0.717) is 35.3 Å². The number of nitrogens with one attached hydrogen (secondary N) is 1. The van der Waals surface area contributed by atoms with E-state index < -0.39 is 0 Å². The molecule has 24 heavy (non-hydrogen) atoms. The van der Waals surface area contributed by atoms with Crippen LogP contribution in [-0.4, -0.2) is 22.5 Å². The van der Waals surface area contributed by atoms with Crippen LogP contribution in [0.25, 0.3) is 0 Å². The molecule has 1 amide bonds. The number of hydrogen-bond donors (Lipinski definition) is 1. The smallest absolute Gasteiger partial charge is 0.316 e. The molecular weight excluding hydrogens is 302 g/mol. The van der Waals surface area contributed by atoms with Gasteiger partial charge in [0.05, 0.1) is 23.7 Å². The van der Waals surface area contributed by atoms with E-state index in [-0.39, 0.29) is 11.3 Å². The minimum atomic E-state index is -0.172. The van der Waals surface area contributed by atoms with Crippen molar-refractivity contribution in [1.29, 1.82) is 0 Å². The van der Waals surface area contributed by atoms with E-state index in [0.717, 1.165) is 0 Å². The van der Waals surface area contributed by atoms with Gasteiger partial charge in [-0.1, -0.05) is 32.9 Å². The molecule has 0 unspecified atom stereocenters. The molecule has 1 aromatic carbocycles. The first-order chi connectivity index (χ1) is 11.2. The Morgan fingerprint density at radius 1 is 1.08 bits per heavy atom.